The van der Waals surface area contributed by atoms with E-state index in [1.165, 1.54) is 6.42 Å². The summed E-state index contributed by atoms with van der Waals surface area (Å²) in [7, 11) is 0. The van der Waals surface area contributed by atoms with Crippen LogP contribution in [-0.2, 0) is 4.74 Å². The summed E-state index contributed by atoms with van der Waals surface area (Å²) in [6, 6.07) is 5.15. The molecule has 9 heteroatoms. The van der Waals surface area contributed by atoms with E-state index >= 15 is 0 Å². The summed E-state index contributed by atoms with van der Waals surface area (Å²) in [5.74, 6) is 1.40. The van der Waals surface area contributed by atoms with Crippen LogP contribution >= 0.6 is 23.2 Å². The van der Waals surface area contributed by atoms with Crippen molar-refractivity contribution in [1.29, 1.82) is 0 Å². The minimum absolute atomic E-state index is 0.193. The number of nitrogens with zero attached hydrogens (tertiary/aromatic N) is 2. The summed E-state index contributed by atoms with van der Waals surface area (Å²) >= 11 is 13.0. The van der Waals surface area contributed by atoms with Crippen LogP contribution in [0.2, 0.25) is 10.2 Å². The minimum atomic E-state index is -0.193. The number of rotatable bonds is 8. The Morgan fingerprint density at radius 3 is 2.43 bits per heavy atom. The van der Waals surface area contributed by atoms with Crippen molar-refractivity contribution >= 4 is 34.7 Å². The molecular weight excluding hydrogens is 509 g/mol. The third-order valence-electron chi connectivity index (χ3n) is 8.19. The first-order valence-electron chi connectivity index (χ1n) is 13.9. The van der Waals surface area contributed by atoms with E-state index in [-0.39, 0.29) is 12.1 Å². The number of anilines is 2. The summed E-state index contributed by atoms with van der Waals surface area (Å²) < 4.78 is 5.47. The molecule has 7 nitrogen and oxygen atoms in total. The van der Waals surface area contributed by atoms with Crippen molar-refractivity contribution < 1.29 is 9.84 Å². The molecule has 5 rings (SSSR count). The van der Waals surface area contributed by atoms with Gasteiger partial charge in [0.15, 0.2) is 5.15 Å². The Hall–Kier alpha value is -1.64. The van der Waals surface area contributed by atoms with Crippen LogP contribution in [0, 0.1) is 5.92 Å². The number of halogens is 2. The molecule has 3 heterocycles. The average Bonchev–Trinajstić information content (AvgIpc) is 2.92. The Balaban J connectivity index is 1.18. The Labute approximate surface area is 230 Å². The smallest absolute Gasteiger partial charge is 0.152 e. The number of aromatic nitrogens is 2. The van der Waals surface area contributed by atoms with E-state index in [9.17, 15) is 5.11 Å². The monoisotopic (exact) mass is 547 g/mol. The molecule has 0 radical (unpaired) electrons. The molecule has 37 heavy (non-hydrogen) atoms. The molecule has 1 saturated heterocycles. The van der Waals surface area contributed by atoms with Gasteiger partial charge in [-0.3, -0.25) is 0 Å². The molecule has 0 aromatic carbocycles. The molecular formula is C28H39Cl2N5O2. The van der Waals surface area contributed by atoms with Gasteiger partial charge in [-0.05, 0) is 69.4 Å². The van der Waals surface area contributed by atoms with Crippen molar-refractivity contribution in [2.24, 2.45) is 5.92 Å². The lowest BCUT2D eigenvalue weighted by Gasteiger charge is -2.36. The molecule has 1 aliphatic heterocycles. The quantitative estimate of drug-likeness (QED) is 0.305. The second-order valence-corrected chi connectivity index (χ2v) is 11.6. The van der Waals surface area contributed by atoms with Gasteiger partial charge in [0.2, 0.25) is 0 Å². The van der Waals surface area contributed by atoms with E-state index in [1.54, 1.807) is 12.4 Å². The van der Waals surface area contributed by atoms with Gasteiger partial charge in [-0.15, -0.1) is 0 Å². The molecule has 0 spiro atoms. The van der Waals surface area contributed by atoms with Crippen molar-refractivity contribution in [2.45, 2.75) is 88.4 Å². The SMILES string of the molecule is O[C@H]1CCCC[C@@H]1NC1CCC(Nc2cc(-c3cnc(Cl)c(NCC4CCOCC4)c3)c(Cl)cn2)CC1. The lowest BCUT2D eigenvalue weighted by Crippen LogP contribution is -2.48. The number of hydrogen-bond donors (Lipinski definition) is 4. The van der Waals surface area contributed by atoms with Gasteiger partial charge in [0.25, 0.3) is 0 Å². The van der Waals surface area contributed by atoms with E-state index in [4.69, 9.17) is 27.9 Å². The van der Waals surface area contributed by atoms with Gasteiger partial charge in [0.1, 0.15) is 5.82 Å². The molecule has 0 unspecified atom stereocenters. The third kappa shape index (κ3) is 7.27. The van der Waals surface area contributed by atoms with Crippen molar-refractivity contribution in [3.05, 3.63) is 34.7 Å². The molecule has 2 aromatic heterocycles. The van der Waals surface area contributed by atoms with Gasteiger partial charge < -0.3 is 25.8 Å². The number of nitrogens with one attached hydrogen (secondary N) is 3. The predicted octanol–water partition coefficient (Wildman–Crippen LogP) is 5.91. The summed E-state index contributed by atoms with van der Waals surface area (Å²) in [6.45, 7) is 2.49. The molecule has 202 valence electrons. The van der Waals surface area contributed by atoms with Gasteiger partial charge in [0.05, 0.1) is 16.8 Å². The number of aliphatic hydroxyl groups is 1. The zero-order chi connectivity index (χ0) is 25.6. The molecule has 3 fully saturated rings. The van der Waals surface area contributed by atoms with E-state index in [0.717, 1.165) is 100 Å². The average molecular weight is 549 g/mol. The highest BCUT2D eigenvalue weighted by Crippen LogP contribution is 2.34. The van der Waals surface area contributed by atoms with E-state index in [2.05, 4.69) is 25.9 Å². The first kappa shape index (κ1) is 26.9. The zero-order valence-electron chi connectivity index (χ0n) is 21.4. The molecule has 2 aliphatic carbocycles. The van der Waals surface area contributed by atoms with Crippen LogP contribution in [0.15, 0.2) is 24.5 Å². The Morgan fingerprint density at radius 2 is 1.65 bits per heavy atom. The van der Waals surface area contributed by atoms with E-state index < -0.39 is 0 Å². The van der Waals surface area contributed by atoms with Crippen molar-refractivity contribution in [3.8, 4) is 11.1 Å². The maximum atomic E-state index is 10.3. The van der Waals surface area contributed by atoms with Gasteiger partial charge in [-0.2, -0.15) is 0 Å². The maximum absolute atomic E-state index is 10.3. The van der Waals surface area contributed by atoms with Gasteiger partial charge in [-0.25, -0.2) is 9.97 Å². The van der Waals surface area contributed by atoms with Gasteiger partial charge in [0, 0.05) is 61.4 Å². The lowest BCUT2D eigenvalue weighted by atomic mass is 9.87. The number of ether oxygens (including phenoxy) is 1. The first-order chi connectivity index (χ1) is 18.0. The molecule has 0 bridgehead atoms. The first-order valence-corrected chi connectivity index (χ1v) is 14.6. The zero-order valence-corrected chi connectivity index (χ0v) is 22.9. The fourth-order valence-corrected chi connectivity index (χ4v) is 6.27. The van der Waals surface area contributed by atoms with Crippen LogP contribution in [-0.4, -0.2) is 59.1 Å². The summed E-state index contributed by atoms with van der Waals surface area (Å²) in [6.07, 6.45) is 14.1. The highest BCUT2D eigenvalue weighted by atomic mass is 35.5. The Kier molecular flexibility index (Phi) is 9.42. The topological polar surface area (TPSA) is 91.3 Å². The predicted molar refractivity (Wildman–Crippen MR) is 151 cm³/mol. The second kappa shape index (κ2) is 12.9. The fraction of sp³-hybridized carbons (Fsp3) is 0.643. The number of aliphatic hydroxyl groups excluding tert-OH is 1. The molecule has 3 aliphatic rings. The van der Waals surface area contributed by atoms with E-state index in [0.29, 0.717) is 28.2 Å². The Bertz CT molecular complexity index is 1030. The van der Waals surface area contributed by atoms with Crippen LogP contribution in [0.3, 0.4) is 0 Å². The maximum Gasteiger partial charge on any atom is 0.152 e. The van der Waals surface area contributed by atoms with E-state index in [1.807, 2.05) is 12.1 Å². The van der Waals surface area contributed by atoms with Crippen LogP contribution in [0.5, 0.6) is 0 Å². The van der Waals surface area contributed by atoms with Gasteiger partial charge >= 0.3 is 0 Å². The molecule has 2 atom stereocenters. The second-order valence-electron chi connectivity index (χ2n) is 10.9. The molecule has 0 amide bonds. The van der Waals surface area contributed by atoms with Crippen LogP contribution < -0.4 is 16.0 Å². The van der Waals surface area contributed by atoms with Crippen LogP contribution in [0.4, 0.5) is 11.5 Å². The van der Waals surface area contributed by atoms with Crippen molar-refractivity contribution in [1.82, 2.24) is 15.3 Å². The number of hydrogen-bond acceptors (Lipinski definition) is 7. The van der Waals surface area contributed by atoms with Crippen molar-refractivity contribution in [3.63, 3.8) is 0 Å². The molecule has 4 N–H and O–H groups in total. The van der Waals surface area contributed by atoms with Crippen molar-refractivity contribution in [2.75, 3.05) is 30.4 Å². The summed E-state index contributed by atoms with van der Waals surface area (Å²) in [5, 5.41) is 22.2. The number of pyridine rings is 2. The largest absolute Gasteiger partial charge is 0.392 e. The highest BCUT2D eigenvalue weighted by Gasteiger charge is 2.28. The lowest BCUT2D eigenvalue weighted by molar-refractivity contribution is 0.0699. The summed E-state index contributed by atoms with van der Waals surface area (Å²) in [4.78, 5) is 8.97. The standard InChI is InChI=1S/C28H39Cl2N5O2/c29-23-17-32-27(35-21-7-5-20(6-8-21)34-24-3-1-2-4-26(24)36)14-22(23)19-13-25(28(30)33-16-19)31-15-18-9-11-37-12-10-18/h13-14,16-18,20-21,24,26,31,34,36H,1-12,15H2,(H,32,35)/t20?,21?,24-,26-/m0/s1. The third-order valence-corrected chi connectivity index (χ3v) is 8.79. The Morgan fingerprint density at radius 1 is 0.892 bits per heavy atom. The fourth-order valence-electron chi connectivity index (χ4n) is 5.89. The van der Waals surface area contributed by atoms with Gasteiger partial charge in [-0.1, -0.05) is 36.0 Å². The molecule has 2 saturated carbocycles. The molecule has 2 aromatic rings. The van der Waals surface area contributed by atoms with Crippen LogP contribution in [0.25, 0.3) is 11.1 Å². The van der Waals surface area contributed by atoms with Crippen LogP contribution in [0.1, 0.15) is 64.2 Å². The minimum Gasteiger partial charge on any atom is -0.392 e. The highest BCUT2D eigenvalue weighted by molar-refractivity contribution is 6.33. The summed E-state index contributed by atoms with van der Waals surface area (Å²) in [5.41, 5.74) is 2.62. The normalized spacial score (nSPS) is 27.1.